The van der Waals surface area contributed by atoms with Gasteiger partial charge in [0.05, 0.1) is 17.3 Å². The standard InChI is InChI=1S/C13H8FN3/c14-10-5-2-1-4-9(10)13-16-8-12-11(17-13)6-3-7-15-12/h1-8H. The van der Waals surface area contributed by atoms with E-state index < -0.39 is 0 Å². The van der Waals surface area contributed by atoms with Crippen LogP contribution in [-0.2, 0) is 0 Å². The van der Waals surface area contributed by atoms with E-state index in [4.69, 9.17) is 0 Å². The smallest absolute Gasteiger partial charge is 0.162 e. The number of benzene rings is 1. The number of halogens is 1. The summed E-state index contributed by atoms with van der Waals surface area (Å²) in [4.78, 5) is 12.5. The second-order valence-electron chi connectivity index (χ2n) is 3.58. The molecule has 0 atom stereocenters. The van der Waals surface area contributed by atoms with Gasteiger partial charge in [0.25, 0.3) is 0 Å². The van der Waals surface area contributed by atoms with Gasteiger partial charge < -0.3 is 0 Å². The molecule has 2 aromatic heterocycles. The van der Waals surface area contributed by atoms with Crippen LogP contribution in [0.2, 0.25) is 0 Å². The number of rotatable bonds is 1. The molecule has 4 heteroatoms. The highest BCUT2D eigenvalue weighted by Crippen LogP contribution is 2.19. The van der Waals surface area contributed by atoms with Crippen molar-refractivity contribution < 1.29 is 4.39 Å². The molecule has 82 valence electrons. The molecule has 0 bridgehead atoms. The minimum absolute atomic E-state index is 0.323. The molecule has 3 aromatic rings. The molecule has 0 N–H and O–H groups in total. The number of pyridine rings is 1. The first kappa shape index (κ1) is 9.84. The summed E-state index contributed by atoms with van der Waals surface area (Å²) in [6, 6.07) is 10.1. The summed E-state index contributed by atoms with van der Waals surface area (Å²) < 4.78 is 13.6. The second kappa shape index (κ2) is 3.90. The van der Waals surface area contributed by atoms with Crippen LogP contribution < -0.4 is 0 Å². The molecule has 0 aliphatic carbocycles. The van der Waals surface area contributed by atoms with E-state index >= 15 is 0 Å². The maximum atomic E-state index is 13.6. The van der Waals surface area contributed by atoms with Gasteiger partial charge in [0.2, 0.25) is 0 Å². The van der Waals surface area contributed by atoms with Gasteiger partial charge in [0, 0.05) is 6.20 Å². The molecule has 0 saturated heterocycles. The molecule has 0 fully saturated rings. The Kier molecular flexibility index (Phi) is 2.26. The normalized spacial score (nSPS) is 10.6. The van der Waals surface area contributed by atoms with Gasteiger partial charge in [-0.1, -0.05) is 12.1 Å². The average molecular weight is 225 g/mol. The molecular formula is C13H8FN3. The lowest BCUT2D eigenvalue weighted by Crippen LogP contribution is -1.93. The minimum Gasteiger partial charge on any atom is -0.253 e. The summed E-state index contributed by atoms with van der Waals surface area (Å²) in [6.07, 6.45) is 3.28. The highest BCUT2D eigenvalue weighted by Gasteiger charge is 2.07. The average Bonchev–Trinajstić information content (AvgIpc) is 2.39. The van der Waals surface area contributed by atoms with Crippen LogP contribution in [0.15, 0.2) is 48.8 Å². The molecule has 0 radical (unpaired) electrons. The summed E-state index contributed by atoms with van der Waals surface area (Å²) in [5.41, 5.74) is 1.81. The van der Waals surface area contributed by atoms with E-state index in [1.807, 2.05) is 6.07 Å². The van der Waals surface area contributed by atoms with Gasteiger partial charge in [0.15, 0.2) is 5.82 Å². The van der Waals surface area contributed by atoms with Crippen molar-refractivity contribution in [3.05, 3.63) is 54.6 Å². The monoisotopic (exact) mass is 225 g/mol. The summed E-state index contributed by atoms with van der Waals surface area (Å²) in [5, 5.41) is 0. The Morgan fingerprint density at radius 2 is 1.76 bits per heavy atom. The van der Waals surface area contributed by atoms with Crippen LogP contribution in [0.4, 0.5) is 4.39 Å². The summed E-state index contributed by atoms with van der Waals surface area (Å²) >= 11 is 0. The zero-order valence-corrected chi connectivity index (χ0v) is 8.84. The fourth-order valence-electron chi connectivity index (χ4n) is 1.64. The Bertz CT molecular complexity index is 682. The number of fused-ring (bicyclic) bond motifs is 1. The van der Waals surface area contributed by atoms with E-state index in [0.717, 1.165) is 0 Å². The van der Waals surface area contributed by atoms with Crippen LogP contribution >= 0.6 is 0 Å². The third kappa shape index (κ3) is 1.73. The minimum atomic E-state index is -0.323. The Hall–Kier alpha value is -2.36. The lowest BCUT2D eigenvalue weighted by Gasteiger charge is -2.02. The van der Waals surface area contributed by atoms with Crippen LogP contribution in [-0.4, -0.2) is 15.0 Å². The predicted octanol–water partition coefficient (Wildman–Crippen LogP) is 2.83. The Morgan fingerprint density at radius 3 is 2.65 bits per heavy atom. The number of hydrogen-bond donors (Lipinski definition) is 0. The maximum absolute atomic E-state index is 13.6. The van der Waals surface area contributed by atoms with Gasteiger partial charge in [-0.15, -0.1) is 0 Å². The molecule has 17 heavy (non-hydrogen) atoms. The number of aromatic nitrogens is 3. The van der Waals surface area contributed by atoms with Crippen LogP contribution in [0.3, 0.4) is 0 Å². The fraction of sp³-hybridized carbons (Fsp3) is 0. The van der Waals surface area contributed by atoms with Crippen LogP contribution in [0, 0.1) is 5.82 Å². The van der Waals surface area contributed by atoms with Crippen molar-refractivity contribution in [2.75, 3.05) is 0 Å². The molecular weight excluding hydrogens is 217 g/mol. The van der Waals surface area contributed by atoms with Crippen LogP contribution in [0.5, 0.6) is 0 Å². The van der Waals surface area contributed by atoms with E-state index in [-0.39, 0.29) is 5.82 Å². The maximum Gasteiger partial charge on any atom is 0.162 e. The van der Waals surface area contributed by atoms with Gasteiger partial charge in [0.1, 0.15) is 11.3 Å². The first-order chi connectivity index (χ1) is 8.34. The zero-order chi connectivity index (χ0) is 11.7. The molecule has 0 amide bonds. The van der Waals surface area contributed by atoms with Crippen molar-refractivity contribution in [1.29, 1.82) is 0 Å². The van der Waals surface area contributed by atoms with E-state index in [1.165, 1.54) is 6.07 Å². The summed E-state index contributed by atoms with van der Waals surface area (Å²) in [7, 11) is 0. The molecule has 0 aliphatic rings. The second-order valence-corrected chi connectivity index (χ2v) is 3.58. The molecule has 0 aliphatic heterocycles. The van der Waals surface area contributed by atoms with Gasteiger partial charge >= 0.3 is 0 Å². The summed E-state index contributed by atoms with van der Waals surface area (Å²) in [6.45, 7) is 0. The van der Waals surface area contributed by atoms with Crippen LogP contribution in [0.25, 0.3) is 22.4 Å². The van der Waals surface area contributed by atoms with E-state index in [2.05, 4.69) is 15.0 Å². The van der Waals surface area contributed by atoms with Crippen molar-refractivity contribution in [3.8, 4) is 11.4 Å². The predicted molar refractivity (Wildman–Crippen MR) is 62.7 cm³/mol. The largest absolute Gasteiger partial charge is 0.253 e. The Morgan fingerprint density at radius 1 is 0.882 bits per heavy atom. The van der Waals surface area contributed by atoms with Gasteiger partial charge in [-0.05, 0) is 24.3 Å². The highest BCUT2D eigenvalue weighted by molar-refractivity contribution is 5.75. The molecule has 0 unspecified atom stereocenters. The highest BCUT2D eigenvalue weighted by atomic mass is 19.1. The Balaban J connectivity index is 2.22. The molecule has 3 nitrogen and oxygen atoms in total. The van der Waals surface area contributed by atoms with Crippen molar-refractivity contribution in [1.82, 2.24) is 15.0 Å². The van der Waals surface area contributed by atoms with Gasteiger partial charge in [-0.3, -0.25) is 4.98 Å². The van der Waals surface area contributed by atoms with Crippen molar-refractivity contribution >= 4 is 11.0 Å². The molecule has 3 rings (SSSR count). The first-order valence-corrected chi connectivity index (χ1v) is 5.17. The zero-order valence-electron chi connectivity index (χ0n) is 8.84. The first-order valence-electron chi connectivity index (χ1n) is 5.17. The molecule has 2 heterocycles. The Labute approximate surface area is 97.0 Å². The fourth-order valence-corrected chi connectivity index (χ4v) is 1.64. The van der Waals surface area contributed by atoms with E-state index in [1.54, 1.807) is 36.7 Å². The van der Waals surface area contributed by atoms with Crippen molar-refractivity contribution in [2.24, 2.45) is 0 Å². The lowest BCUT2D eigenvalue weighted by atomic mass is 10.2. The molecule has 0 spiro atoms. The lowest BCUT2D eigenvalue weighted by molar-refractivity contribution is 0.630. The molecule has 0 saturated carbocycles. The number of nitrogens with zero attached hydrogens (tertiary/aromatic N) is 3. The van der Waals surface area contributed by atoms with E-state index in [9.17, 15) is 4.39 Å². The topological polar surface area (TPSA) is 38.7 Å². The molecule has 1 aromatic carbocycles. The summed E-state index contributed by atoms with van der Waals surface area (Å²) in [5.74, 6) is 0.0549. The number of hydrogen-bond acceptors (Lipinski definition) is 3. The van der Waals surface area contributed by atoms with Crippen molar-refractivity contribution in [2.45, 2.75) is 0 Å². The third-order valence-electron chi connectivity index (χ3n) is 2.47. The van der Waals surface area contributed by atoms with E-state index in [0.29, 0.717) is 22.4 Å². The van der Waals surface area contributed by atoms with Gasteiger partial charge in [-0.2, -0.15) is 0 Å². The van der Waals surface area contributed by atoms with Gasteiger partial charge in [-0.25, -0.2) is 14.4 Å². The quantitative estimate of drug-likeness (QED) is 0.639. The third-order valence-corrected chi connectivity index (χ3v) is 2.47. The SMILES string of the molecule is Fc1ccccc1-c1ncc2ncccc2n1. The van der Waals surface area contributed by atoms with Crippen molar-refractivity contribution in [3.63, 3.8) is 0 Å². The van der Waals surface area contributed by atoms with Crippen LogP contribution in [0.1, 0.15) is 0 Å².